The first-order valence-electron chi connectivity index (χ1n) is 9.44. The number of nitrogens with one attached hydrogen (secondary N) is 1. The average molecular weight is 379 g/mol. The lowest BCUT2D eigenvalue weighted by Crippen LogP contribution is -2.51. The van der Waals surface area contributed by atoms with E-state index in [1.54, 1.807) is 12.1 Å². The summed E-state index contributed by atoms with van der Waals surface area (Å²) in [4.78, 5) is 28.5. The topological polar surface area (TPSA) is 52.7 Å². The molecular weight excluding hydrogens is 357 g/mol. The third kappa shape index (κ3) is 3.82. The van der Waals surface area contributed by atoms with Gasteiger partial charge in [0.25, 0.3) is 10.9 Å². The summed E-state index contributed by atoms with van der Waals surface area (Å²) in [7, 11) is 0. The van der Waals surface area contributed by atoms with Crippen LogP contribution in [0.1, 0.15) is 11.1 Å². The van der Waals surface area contributed by atoms with E-state index in [1.165, 1.54) is 17.7 Å². The second kappa shape index (κ2) is 7.94. The Morgan fingerprint density at radius 1 is 0.857 bits per heavy atom. The van der Waals surface area contributed by atoms with Gasteiger partial charge in [0, 0.05) is 39.3 Å². The van der Waals surface area contributed by atoms with Crippen molar-refractivity contribution in [2.45, 2.75) is 13.1 Å². The van der Waals surface area contributed by atoms with Crippen molar-refractivity contribution in [2.75, 3.05) is 36.4 Å². The minimum absolute atomic E-state index is 0.309. The fraction of sp³-hybridized carbons (Fsp3) is 0.273. The molecule has 1 heterocycles. The van der Waals surface area contributed by atoms with Crippen LogP contribution in [0.5, 0.6) is 0 Å². The quantitative estimate of drug-likeness (QED) is 0.667. The van der Waals surface area contributed by atoms with Crippen LogP contribution in [0.4, 0.5) is 15.8 Å². The molecule has 0 unspecified atom stereocenters. The second-order valence-electron chi connectivity index (χ2n) is 7.11. The Bertz CT molecular complexity index is 1020. The second-order valence-corrected chi connectivity index (χ2v) is 7.11. The Labute approximate surface area is 162 Å². The molecule has 4 rings (SSSR count). The first-order valence-corrected chi connectivity index (χ1v) is 9.44. The van der Waals surface area contributed by atoms with Crippen molar-refractivity contribution in [2.24, 2.45) is 0 Å². The Morgan fingerprint density at radius 2 is 1.57 bits per heavy atom. The number of hydrogen-bond donors (Lipinski definition) is 1. The third-order valence-electron chi connectivity index (χ3n) is 5.18. The molecule has 1 fully saturated rings. The fourth-order valence-corrected chi connectivity index (χ4v) is 3.65. The molecule has 3 aromatic carbocycles. The van der Waals surface area contributed by atoms with E-state index in [1.807, 2.05) is 23.1 Å². The summed E-state index contributed by atoms with van der Waals surface area (Å²) in [5, 5.41) is 3.03. The van der Waals surface area contributed by atoms with Crippen LogP contribution in [0.15, 0.2) is 64.2 Å². The Hall–Kier alpha value is -2.99. The summed E-state index contributed by atoms with van der Waals surface area (Å²) in [6.07, 6.45) is 0. The zero-order valence-electron chi connectivity index (χ0n) is 15.5. The van der Waals surface area contributed by atoms with Gasteiger partial charge in [0.1, 0.15) is 17.2 Å². The van der Waals surface area contributed by atoms with Crippen molar-refractivity contribution in [3.05, 3.63) is 92.0 Å². The summed E-state index contributed by atoms with van der Waals surface area (Å²) in [5.74, 6) is -0.320. The van der Waals surface area contributed by atoms with E-state index >= 15 is 0 Å². The van der Waals surface area contributed by atoms with Crippen molar-refractivity contribution < 1.29 is 4.39 Å². The lowest BCUT2D eigenvalue weighted by atomic mass is 10.1. The Kier molecular flexibility index (Phi) is 5.21. The normalized spacial score (nSPS) is 15.1. The SMILES string of the molecule is O=c1c(NCc2cccc(F)c2)c(N2CCN(Cc3ccccc3)CC2)c1=O. The molecule has 3 aromatic rings. The van der Waals surface area contributed by atoms with E-state index in [9.17, 15) is 14.0 Å². The summed E-state index contributed by atoms with van der Waals surface area (Å²) in [6, 6.07) is 16.5. The van der Waals surface area contributed by atoms with Gasteiger partial charge in [0.2, 0.25) is 0 Å². The molecule has 0 radical (unpaired) electrons. The zero-order valence-corrected chi connectivity index (χ0v) is 15.5. The van der Waals surface area contributed by atoms with Crippen molar-refractivity contribution in [3.63, 3.8) is 0 Å². The maximum absolute atomic E-state index is 13.3. The predicted molar refractivity (Wildman–Crippen MR) is 109 cm³/mol. The molecule has 0 aliphatic carbocycles. The molecule has 0 aromatic heterocycles. The van der Waals surface area contributed by atoms with E-state index in [4.69, 9.17) is 0 Å². The summed E-state index contributed by atoms with van der Waals surface area (Å²) in [6.45, 7) is 4.25. The highest BCUT2D eigenvalue weighted by Gasteiger charge is 2.28. The minimum atomic E-state index is -0.488. The van der Waals surface area contributed by atoms with Gasteiger partial charge in [-0.2, -0.15) is 0 Å². The van der Waals surface area contributed by atoms with Crippen molar-refractivity contribution in [1.82, 2.24) is 4.90 Å². The molecular formula is C22H22FN3O2. The summed E-state index contributed by atoms with van der Waals surface area (Å²) in [5.41, 5.74) is 1.90. The van der Waals surface area contributed by atoms with Gasteiger partial charge in [-0.1, -0.05) is 42.5 Å². The van der Waals surface area contributed by atoms with Crippen LogP contribution in [0.2, 0.25) is 0 Å². The molecule has 0 amide bonds. The highest BCUT2D eigenvalue weighted by Crippen LogP contribution is 2.23. The maximum atomic E-state index is 13.3. The van der Waals surface area contributed by atoms with Crippen LogP contribution < -0.4 is 21.1 Å². The van der Waals surface area contributed by atoms with E-state index < -0.39 is 10.9 Å². The number of anilines is 2. The van der Waals surface area contributed by atoms with Crippen LogP contribution in [-0.4, -0.2) is 31.1 Å². The molecule has 1 N–H and O–H groups in total. The molecule has 144 valence electrons. The standard InChI is InChI=1S/C22H22FN3O2/c23-18-8-4-7-17(13-18)14-24-19-20(22(28)21(19)27)26-11-9-25(10-12-26)15-16-5-2-1-3-6-16/h1-8,13,24H,9-12,14-15H2. The maximum Gasteiger partial charge on any atom is 0.253 e. The van der Waals surface area contributed by atoms with E-state index in [2.05, 4.69) is 22.3 Å². The van der Waals surface area contributed by atoms with Gasteiger partial charge >= 0.3 is 0 Å². The van der Waals surface area contributed by atoms with Crippen molar-refractivity contribution in [3.8, 4) is 0 Å². The number of rotatable bonds is 6. The molecule has 6 heteroatoms. The number of halogens is 1. The minimum Gasteiger partial charge on any atom is -0.376 e. The molecule has 0 atom stereocenters. The molecule has 0 saturated carbocycles. The smallest absolute Gasteiger partial charge is 0.253 e. The van der Waals surface area contributed by atoms with Crippen LogP contribution in [0.3, 0.4) is 0 Å². The highest BCUT2D eigenvalue weighted by molar-refractivity contribution is 5.75. The molecule has 1 saturated heterocycles. The molecule has 5 nitrogen and oxygen atoms in total. The van der Waals surface area contributed by atoms with Crippen LogP contribution in [-0.2, 0) is 13.1 Å². The highest BCUT2D eigenvalue weighted by atomic mass is 19.1. The molecule has 28 heavy (non-hydrogen) atoms. The van der Waals surface area contributed by atoms with Gasteiger partial charge in [0.15, 0.2) is 0 Å². The van der Waals surface area contributed by atoms with Crippen molar-refractivity contribution >= 4 is 11.4 Å². The molecule has 0 spiro atoms. The van der Waals surface area contributed by atoms with Gasteiger partial charge < -0.3 is 10.2 Å². The first-order chi connectivity index (χ1) is 13.6. The number of nitrogens with zero attached hydrogens (tertiary/aromatic N) is 2. The Morgan fingerprint density at radius 3 is 2.29 bits per heavy atom. The average Bonchev–Trinajstić information content (AvgIpc) is 2.72. The lowest BCUT2D eigenvalue weighted by molar-refractivity contribution is 0.249. The largest absolute Gasteiger partial charge is 0.376 e. The van der Waals surface area contributed by atoms with E-state index in [0.29, 0.717) is 31.0 Å². The number of hydrogen-bond acceptors (Lipinski definition) is 5. The number of benzene rings is 2. The Balaban J connectivity index is 1.38. The van der Waals surface area contributed by atoms with Crippen molar-refractivity contribution in [1.29, 1.82) is 0 Å². The van der Waals surface area contributed by atoms with Gasteiger partial charge in [-0.25, -0.2) is 4.39 Å². The summed E-state index contributed by atoms with van der Waals surface area (Å²) < 4.78 is 13.3. The summed E-state index contributed by atoms with van der Waals surface area (Å²) >= 11 is 0. The fourth-order valence-electron chi connectivity index (χ4n) is 3.65. The van der Waals surface area contributed by atoms with E-state index in [0.717, 1.165) is 25.2 Å². The van der Waals surface area contributed by atoms with Gasteiger partial charge in [-0.15, -0.1) is 0 Å². The van der Waals surface area contributed by atoms with Crippen LogP contribution >= 0.6 is 0 Å². The molecule has 1 aliphatic heterocycles. The van der Waals surface area contributed by atoms with Crippen LogP contribution in [0.25, 0.3) is 0 Å². The predicted octanol–water partition coefficient (Wildman–Crippen LogP) is 2.36. The number of piperazine rings is 1. The zero-order chi connectivity index (χ0) is 19.5. The van der Waals surface area contributed by atoms with Gasteiger partial charge in [0.05, 0.1) is 0 Å². The van der Waals surface area contributed by atoms with Crippen LogP contribution in [0, 0.1) is 5.82 Å². The van der Waals surface area contributed by atoms with Gasteiger partial charge in [-0.05, 0) is 23.3 Å². The monoisotopic (exact) mass is 379 g/mol. The van der Waals surface area contributed by atoms with E-state index in [-0.39, 0.29) is 5.82 Å². The third-order valence-corrected chi connectivity index (χ3v) is 5.18. The first kappa shape index (κ1) is 18.4. The molecule has 1 aliphatic rings. The molecule has 0 bridgehead atoms. The lowest BCUT2D eigenvalue weighted by Gasteiger charge is -2.37. The van der Waals surface area contributed by atoms with Gasteiger partial charge in [-0.3, -0.25) is 14.5 Å².